The summed E-state index contributed by atoms with van der Waals surface area (Å²) in [5, 5.41) is 2.89. The van der Waals surface area contributed by atoms with E-state index in [4.69, 9.17) is 0 Å². The van der Waals surface area contributed by atoms with Gasteiger partial charge in [-0.25, -0.2) is 4.98 Å². The molecule has 37 heavy (non-hydrogen) atoms. The van der Waals surface area contributed by atoms with Gasteiger partial charge in [-0.15, -0.1) is 13.2 Å². The van der Waals surface area contributed by atoms with Gasteiger partial charge in [-0.2, -0.15) is 0 Å². The molecule has 2 amide bonds. The average Bonchev–Trinajstić information content (AvgIpc) is 3.36. The number of alkyl halides is 3. The number of likely N-dealkylation sites (tertiary alicyclic amines) is 1. The normalized spacial score (nSPS) is 18.0. The average molecular weight is 509 g/mol. The number of aromatic nitrogens is 2. The van der Waals surface area contributed by atoms with Crippen molar-refractivity contribution in [1.82, 2.24) is 19.6 Å². The largest absolute Gasteiger partial charge is 0.573 e. The van der Waals surface area contributed by atoms with E-state index in [2.05, 4.69) is 15.0 Å². The zero-order valence-corrected chi connectivity index (χ0v) is 19.6. The van der Waals surface area contributed by atoms with Crippen molar-refractivity contribution in [3.05, 3.63) is 102 Å². The van der Waals surface area contributed by atoms with E-state index < -0.39 is 24.1 Å². The van der Waals surface area contributed by atoms with Gasteiger partial charge < -0.3 is 19.4 Å². The first kappa shape index (κ1) is 24.4. The summed E-state index contributed by atoms with van der Waals surface area (Å²) in [5.74, 6) is -1.65. The maximum absolute atomic E-state index is 13.4. The molecule has 0 radical (unpaired) electrons. The minimum Gasteiger partial charge on any atom is -0.405 e. The maximum atomic E-state index is 13.4. The fourth-order valence-electron chi connectivity index (χ4n) is 4.69. The smallest absolute Gasteiger partial charge is 0.405 e. The molecule has 1 N–H and O–H groups in total. The molecule has 0 bridgehead atoms. The van der Waals surface area contributed by atoms with Gasteiger partial charge in [0.1, 0.15) is 11.4 Å². The third-order valence-electron chi connectivity index (χ3n) is 6.44. The van der Waals surface area contributed by atoms with Crippen molar-refractivity contribution >= 4 is 17.5 Å². The highest BCUT2D eigenvalue weighted by molar-refractivity contribution is 5.97. The first-order valence-electron chi connectivity index (χ1n) is 11.7. The van der Waals surface area contributed by atoms with Gasteiger partial charge in [0.25, 0.3) is 11.8 Å². The Hall–Kier alpha value is -4.34. The van der Waals surface area contributed by atoms with Crippen molar-refractivity contribution < 1.29 is 27.5 Å². The van der Waals surface area contributed by atoms with E-state index in [0.29, 0.717) is 25.1 Å². The van der Waals surface area contributed by atoms with Crippen LogP contribution in [0.1, 0.15) is 38.6 Å². The third-order valence-corrected chi connectivity index (χ3v) is 6.44. The number of rotatable bonds is 5. The fourth-order valence-corrected chi connectivity index (χ4v) is 4.69. The summed E-state index contributed by atoms with van der Waals surface area (Å²) in [6.45, 7) is 0.701. The van der Waals surface area contributed by atoms with E-state index in [1.165, 1.54) is 18.2 Å². The van der Waals surface area contributed by atoms with Crippen molar-refractivity contribution in [2.75, 3.05) is 13.1 Å². The number of carbonyl (C=O) groups excluding carboxylic acids is 2. The summed E-state index contributed by atoms with van der Waals surface area (Å²) >= 11 is 0. The molecule has 0 saturated carbocycles. The molecule has 1 aliphatic heterocycles. The van der Waals surface area contributed by atoms with Crippen LogP contribution in [0.5, 0.6) is 5.75 Å². The summed E-state index contributed by atoms with van der Waals surface area (Å²) in [5.41, 5.74) is 1.95. The minimum atomic E-state index is -4.92. The van der Waals surface area contributed by atoms with E-state index in [9.17, 15) is 22.8 Å². The van der Waals surface area contributed by atoms with Crippen LogP contribution in [0.4, 0.5) is 13.2 Å². The van der Waals surface area contributed by atoms with Gasteiger partial charge in [0.05, 0.1) is 11.1 Å². The molecule has 1 fully saturated rings. The highest BCUT2D eigenvalue weighted by Crippen LogP contribution is 2.30. The quantitative estimate of drug-likeness (QED) is 0.426. The van der Waals surface area contributed by atoms with Crippen molar-refractivity contribution in [1.29, 1.82) is 0 Å². The summed E-state index contributed by atoms with van der Waals surface area (Å²) in [6, 6.07) is 17.8. The van der Waals surface area contributed by atoms with E-state index in [1.807, 2.05) is 30.3 Å². The van der Waals surface area contributed by atoms with Crippen LogP contribution in [0, 0.1) is 0 Å². The molecule has 3 heterocycles. The number of fused-ring (bicyclic) bond motifs is 1. The summed E-state index contributed by atoms with van der Waals surface area (Å²) in [4.78, 5) is 32.4. The molecular formula is C27H23F3N4O3. The topological polar surface area (TPSA) is 75.9 Å². The lowest BCUT2D eigenvalue weighted by Crippen LogP contribution is -2.51. The van der Waals surface area contributed by atoms with Crippen LogP contribution in [0.15, 0.2) is 85.3 Å². The zero-order valence-electron chi connectivity index (χ0n) is 19.6. The van der Waals surface area contributed by atoms with Crippen LogP contribution in [0.25, 0.3) is 5.65 Å². The second-order valence-electron chi connectivity index (χ2n) is 8.79. The SMILES string of the molecule is O=C(N[C@@H]1CCN(C(=O)c2ccc3nccn3c2)C[C@@H]1c1ccccc1)c1ccccc1OC(F)(F)F. The molecule has 0 aliphatic carbocycles. The predicted octanol–water partition coefficient (Wildman–Crippen LogP) is 4.66. The molecule has 7 nitrogen and oxygen atoms in total. The third kappa shape index (κ3) is 5.42. The molecule has 2 aromatic carbocycles. The van der Waals surface area contributed by atoms with Crippen molar-refractivity contribution in [3.8, 4) is 5.75 Å². The van der Waals surface area contributed by atoms with Gasteiger partial charge in [0.2, 0.25) is 0 Å². The van der Waals surface area contributed by atoms with Crippen LogP contribution in [0.2, 0.25) is 0 Å². The van der Waals surface area contributed by atoms with Crippen LogP contribution in [0.3, 0.4) is 0 Å². The molecule has 1 saturated heterocycles. The monoisotopic (exact) mass is 508 g/mol. The number of piperidine rings is 1. The van der Waals surface area contributed by atoms with Crippen LogP contribution >= 0.6 is 0 Å². The number of nitrogens with zero attached hydrogens (tertiary/aromatic N) is 3. The molecule has 0 spiro atoms. The van der Waals surface area contributed by atoms with Crippen LogP contribution in [-0.2, 0) is 0 Å². The maximum Gasteiger partial charge on any atom is 0.573 e. The lowest BCUT2D eigenvalue weighted by Gasteiger charge is -2.39. The van der Waals surface area contributed by atoms with Gasteiger partial charge in [-0.1, -0.05) is 42.5 Å². The molecular weight excluding hydrogens is 485 g/mol. The number of amides is 2. The molecule has 2 atom stereocenters. The number of nitrogens with one attached hydrogen (secondary N) is 1. The van der Waals surface area contributed by atoms with Gasteiger partial charge in [-0.3, -0.25) is 9.59 Å². The van der Waals surface area contributed by atoms with Crippen molar-refractivity contribution in [2.45, 2.75) is 24.7 Å². The van der Waals surface area contributed by atoms with Gasteiger partial charge >= 0.3 is 6.36 Å². The second kappa shape index (κ2) is 9.96. The Kier molecular flexibility index (Phi) is 6.56. The van der Waals surface area contributed by atoms with Gasteiger partial charge in [0, 0.05) is 43.6 Å². The number of hydrogen-bond donors (Lipinski definition) is 1. The first-order chi connectivity index (χ1) is 17.8. The lowest BCUT2D eigenvalue weighted by atomic mass is 9.85. The van der Waals surface area contributed by atoms with Crippen LogP contribution in [-0.4, -0.2) is 51.6 Å². The molecule has 2 aromatic heterocycles. The molecule has 5 rings (SSSR count). The number of pyridine rings is 1. The van der Waals surface area contributed by atoms with Crippen molar-refractivity contribution in [3.63, 3.8) is 0 Å². The first-order valence-corrected chi connectivity index (χ1v) is 11.7. The van der Waals surface area contributed by atoms with Gasteiger partial charge in [0.15, 0.2) is 0 Å². The Morgan fingerprint density at radius 3 is 2.54 bits per heavy atom. The number of imidazole rings is 1. The Bertz CT molecular complexity index is 1420. The highest BCUT2D eigenvalue weighted by atomic mass is 19.4. The number of hydrogen-bond acceptors (Lipinski definition) is 4. The summed E-state index contributed by atoms with van der Waals surface area (Å²) in [7, 11) is 0. The predicted molar refractivity (Wildman–Crippen MR) is 129 cm³/mol. The standard InChI is InChI=1S/C27H23F3N4O3/c28-27(29,30)37-23-9-5-4-8-20(23)25(35)32-22-12-14-34(17-21(22)18-6-2-1-3-7-18)26(36)19-10-11-24-31-13-15-33(24)16-19/h1-11,13,15-16,21-22H,12,14,17H2,(H,32,35)/t21-,22-/m1/s1. The van der Waals surface area contributed by atoms with E-state index in [1.54, 1.807) is 40.0 Å². The zero-order chi connectivity index (χ0) is 26.0. The number of benzene rings is 2. The van der Waals surface area contributed by atoms with E-state index >= 15 is 0 Å². The number of para-hydroxylation sites is 1. The van der Waals surface area contributed by atoms with Gasteiger partial charge in [-0.05, 0) is 36.2 Å². The van der Waals surface area contributed by atoms with Crippen LogP contribution < -0.4 is 10.1 Å². The molecule has 1 aliphatic rings. The Morgan fingerprint density at radius 2 is 1.76 bits per heavy atom. The van der Waals surface area contributed by atoms with E-state index in [-0.39, 0.29) is 17.4 Å². The number of carbonyl (C=O) groups is 2. The molecule has 4 aromatic rings. The minimum absolute atomic E-state index is 0.148. The summed E-state index contributed by atoms with van der Waals surface area (Å²) < 4.78 is 44.4. The summed E-state index contributed by atoms with van der Waals surface area (Å²) in [6.07, 6.45) is 0.650. The van der Waals surface area contributed by atoms with E-state index in [0.717, 1.165) is 17.3 Å². The van der Waals surface area contributed by atoms with Crippen molar-refractivity contribution in [2.24, 2.45) is 0 Å². The number of halogens is 3. The fraction of sp³-hybridized carbons (Fsp3) is 0.222. The molecule has 190 valence electrons. The Morgan fingerprint density at radius 1 is 1.00 bits per heavy atom. The number of ether oxygens (including phenoxy) is 1. The molecule has 0 unspecified atom stereocenters. The molecule has 10 heteroatoms. The highest BCUT2D eigenvalue weighted by Gasteiger charge is 2.36. The second-order valence-corrected chi connectivity index (χ2v) is 8.79. The Balaban J connectivity index is 1.37. The lowest BCUT2D eigenvalue weighted by molar-refractivity contribution is -0.274. The Labute approximate surface area is 210 Å².